The SMILES string of the molecule is CC(C)(C)[C+]1C(C(C)(C)C)C(C(C)(C)C)C1C(C)(C)C. The fourth-order valence-electron chi connectivity index (χ4n) is 4.60. The minimum absolute atomic E-state index is 0.317. The van der Waals surface area contributed by atoms with Crippen molar-refractivity contribution >= 4 is 0 Å². The fourth-order valence-corrected chi connectivity index (χ4v) is 4.60. The van der Waals surface area contributed by atoms with Gasteiger partial charge in [-0.25, -0.2) is 0 Å². The lowest BCUT2D eigenvalue weighted by molar-refractivity contribution is -0.117. The molecule has 0 radical (unpaired) electrons. The highest BCUT2D eigenvalue weighted by molar-refractivity contribution is 5.28. The van der Waals surface area contributed by atoms with Crippen LogP contribution < -0.4 is 0 Å². The lowest BCUT2D eigenvalue weighted by Gasteiger charge is -2.60. The van der Waals surface area contributed by atoms with Gasteiger partial charge in [-0.2, -0.15) is 0 Å². The molecule has 0 aromatic carbocycles. The van der Waals surface area contributed by atoms with Gasteiger partial charge in [0.2, 0.25) is 0 Å². The van der Waals surface area contributed by atoms with Gasteiger partial charge in [0.15, 0.2) is 0 Å². The Kier molecular flexibility index (Phi) is 4.20. The van der Waals surface area contributed by atoms with Crippen LogP contribution in [0.5, 0.6) is 0 Å². The predicted molar refractivity (Wildman–Crippen MR) is 91.5 cm³/mol. The molecule has 2 atom stereocenters. The van der Waals surface area contributed by atoms with Crippen molar-refractivity contribution in [1.82, 2.24) is 0 Å². The molecule has 0 nitrogen and oxygen atoms in total. The van der Waals surface area contributed by atoms with Gasteiger partial charge in [-0.15, -0.1) is 0 Å². The maximum absolute atomic E-state index is 2.44. The Morgan fingerprint density at radius 2 is 0.800 bits per heavy atom. The summed E-state index contributed by atoms with van der Waals surface area (Å²) in [6, 6.07) is 0. The van der Waals surface area contributed by atoms with Gasteiger partial charge in [0.1, 0.15) is 23.2 Å². The molecule has 1 saturated carbocycles. The van der Waals surface area contributed by atoms with Gasteiger partial charge in [0, 0.05) is 10.8 Å². The van der Waals surface area contributed by atoms with Crippen molar-refractivity contribution in [2.45, 2.75) is 83.1 Å². The molecule has 1 aliphatic carbocycles. The Hall–Kier alpha value is -0.130. The van der Waals surface area contributed by atoms with Gasteiger partial charge < -0.3 is 0 Å². The van der Waals surface area contributed by atoms with Crippen molar-refractivity contribution in [2.24, 2.45) is 39.4 Å². The summed E-state index contributed by atoms with van der Waals surface area (Å²) >= 11 is 0. The highest BCUT2D eigenvalue weighted by Crippen LogP contribution is 2.70. The summed E-state index contributed by atoms with van der Waals surface area (Å²) < 4.78 is 0. The van der Waals surface area contributed by atoms with Crippen molar-refractivity contribution in [1.29, 1.82) is 0 Å². The van der Waals surface area contributed by atoms with Crippen molar-refractivity contribution < 1.29 is 0 Å². The molecule has 0 spiro atoms. The minimum Gasteiger partial charge on any atom is -0.0596 e. The van der Waals surface area contributed by atoms with Gasteiger partial charge in [-0.3, -0.25) is 0 Å². The molecule has 0 aromatic heterocycles. The van der Waals surface area contributed by atoms with E-state index in [0.717, 1.165) is 17.8 Å². The highest BCUT2D eigenvalue weighted by atomic mass is 14.7. The van der Waals surface area contributed by atoms with Crippen molar-refractivity contribution in [2.75, 3.05) is 0 Å². The zero-order valence-corrected chi connectivity index (χ0v) is 16.2. The maximum Gasteiger partial charge on any atom is 0.114 e. The second-order valence-electron chi connectivity index (χ2n) is 11.3. The monoisotopic (exact) mass is 279 g/mol. The molecule has 118 valence electrons. The average molecular weight is 280 g/mol. The Labute approximate surface area is 129 Å². The third-order valence-electron chi connectivity index (χ3n) is 5.12. The third kappa shape index (κ3) is 3.20. The van der Waals surface area contributed by atoms with Crippen LogP contribution in [0.2, 0.25) is 0 Å². The summed E-state index contributed by atoms with van der Waals surface area (Å²) in [4.78, 5) is 0. The number of rotatable bonds is 0. The summed E-state index contributed by atoms with van der Waals surface area (Å²) in [5, 5.41) is 0. The second-order valence-corrected chi connectivity index (χ2v) is 11.3. The summed E-state index contributed by atoms with van der Waals surface area (Å²) in [5.74, 6) is 4.09. The van der Waals surface area contributed by atoms with Crippen molar-refractivity contribution in [3.8, 4) is 0 Å². The van der Waals surface area contributed by atoms with Gasteiger partial charge in [0.25, 0.3) is 0 Å². The van der Waals surface area contributed by atoms with Crippen LogP contribution in [0.3, 0.4) is 0 Å². The standard InChI is InChI=1S/C20H39/c1-17(2,3)13-14(18(4,5)6)16(20(10,11)12)15(13)19(7,8)9/h13-15H,1-12H3/q+1. The van der Waals surface area contributed by atoms with Crippen molar-refractivity contribution in [3.63, 3.8) is 0 Å². The second kappa shape index (κ2) is 4.68. The molecule has 2 unspecified atom stereocenters. The lowest BCUT2D eigenvalue weighted by atomic mass is 9.36. The first-order valence-electron chi connectivity index (χ1n) is 8.36. The van der Waals surface area contributed by atoms with Crippen LogP contribution in [-0.4, -0.2) is 0 Å². The van der Waals surface area contributed by atoms with Crippen LogP contribution in [0.15, 0.2) is 0 Å². The van der Waals surface area contributed by atoms with Gasteiger partial charge in [0.05, 0.1) is 5.92 Å². The van der Waals surface area contributed by atoms with Crippen molar-refractivity contribution in [3.05, 3.63) is 5.92 Å². The largest absolute Gasteiger partial charge is 0.114 e. The Balaban J connectivity index is 3.33. The molecule has 0 bridgehead atoms. The molecule has 0 N–H and O–H groups in total. The normalized spacial score (nSPS) is 29.4. The van der Waals surface area contributed by atoms with Crippen LogP contribution in [0, 0.1) is 45.3 Å². The molecular formula is C20H39+. The zero-order chi connectivity index (χ0) is 16.3. The summed E-state index contributed by atoms with van der Waals surface area (Å²) in [5.41, 5.74) is 1.42. The van der Waals surface area contributed by atoms with Crippen LogP contribution in [0.1, 0.15) is 83.1 Å². The van der Waals surface area contributed by atoms with Crippen LogP contribution in [0.4, 0.5) is 0 Å². The maximum atomic E-state index is 2.44. The fraction of sp³-hybridized carbons (Fsp3) is 0.950. The van der Waals surface area contributed by atoms with E-state index in [1.54, 1.807) is 0 Å². The molecule has 20 heavy (non-hydrogen) atoms. The molecule has 0 aromatic rings. The van der Waals surface area contributed by atoms with Gasteiger partial charge in [-0.05, 0) is 26.2 Å². The molecule has 0 aliphatic heterocycles. The topological polar surface area (TPSA) is 0 Å². The van der Waals surface area contributed by atoms with E-state index in [4.69, 9.17) is 0 Å². The first-order chi connectivity index (χ1) is 8.49. The number of hydrogen-bond acceptors (Lipinski definition) is 0. The lowest BCUT2D eigenvalue weighted by Crippen LogP contribution is -2.63. The Morgan fingerprint density at radius 1 is 0.500 bits per heavy atom. The van der Waals surface area contributed by atoms with Crippen LogP contribution in [-0.2, 0) is 0 Å². The van der Waals surface area contributed by atoms with Crippen LogP contribution in [0.25, 0.3) is 0 Å². The van der Waals surface area contributed by atoms with E-state index < -0.39 is 0 Å². The third-order valence-corrected chi connectivity index (χ3v) is 5.12. The van der Waals surface area contributed by atoms with E-state index >= 15 is 0 Å². The molecule has 0 amide bonds. The van der Waals surface area contributed by atoms with E-state index in [2.05, 4.69) is 83.1 Å². The molecule has 1 rings (SSSR count). The van der Waals surface area contributed by atoms with E-state index in [9.17, 15) is 0 Å². The molecule has 1 fully saturated rings. The van der Waals surface area contributed by atoms with Gasteiger partial charge in [-0.1, -0.05) is 62.3 Å². The Bertz CT molecular complexity index is 254. The summed E-state index contributed by atoms with van der Waals surface area (Å²) in [6.45, 7) is 29.2. The molecule has 0 saturated heterocycles. The first kappa shape index (κ1) is 17.9. The minimum atomic E-state index is 0.317. The van der Waals surface area contributed by atoms with E-state index in [-0.39, 0.29) is 0 Å². The molecule has 0 heterocycles. The molecule has 1 aliphatic rings. The molecule has 0 heteroatoms. The quantitative estimate of drug-likeness (QED) is 0.438. The summed E-state index contributed by atoms with van der Waals surface area (Å²) in [6.07, 6.45) is 0. The smallest absolute Gasteiger partial charge is 0.0596 e. The summed E-state index contributed by atoms with van der Waals surface area (Å²) in [7, 11) is 0. The van der Waals surface area contributed by atoms with E-state index in [1.807, 2.05) is 5.92 Å². The highest BCUT2D eigenvalue weighted by Gasteiger charge is 2.73. The number of hydrogen-bond donors (Lipinski definition) is 0. The first-order valence-corrected chi connectivity index (χ1v) is 8.36. The van der Waals surface area contributed by atoms with E-state index in [1.165, 1.54) is 0 Å². The van der Waals surface area contributed by atoms with Gasteiger partial charge >= 0.3 is 0 Å². The van der Waals surface area contributed by atoms with Crippen LogP contribution >= 0.6 is 0 Å². The van der Waals surface area contributed by atoms with E-state index in [0.29, 0.717) is 21.7 Å². The predicted octanol–water partition coefficient (Wildman–Crippen LogP) is 6.61. The zero-order valence-electron chi connectivity index (χ0n) is 16.2. The molecular weight excluding hydrogens is 240 g/mol. The average Bonchev–Trinajstić information content (AvgIpc) is 1.86. The Morgan fingerprint density at radius 3 is 0.950 bits per heavy atom.